The molecule has 1 amide bonds. The molecule has 0 bridgehead atoms. The van der Waals surface area contributed by atoms with Crippen LogP contribution in [-0.2, 0) is 14.3 Å². The Hall–Kier alpha value is -2.61. The van der Waals surface area contributed by atoms with E-state index in [2.05, 4.69) is 5.32 Å². The molecule has 0 spiro atoms. The van der Waals surface area contributed by atoms with Gasteiger partial charge in [-0.05, 0) is 25.0 Å². The largest absolute Gasteiger partial charge is 0.488 e. The van der Waals surface area contributed by atoms with Crippen LogP contribution in [0.5, 0.6) is 5.75 Å². The van der Waals surface area contributed by atoms with Crippen molar-refractivity contribution in [2.24, 2.45) is 0 Å². The van der Waals surface area contributed by atoms with Gasteiger partial charge in [0.15, 0.2) is 0 Å². The fourth-order valence-electron chi connectivity index (χ4n) is 2.82. The van der Waals surface area contributed by atoms with Crippen molar-refractivity contribution in [1.82, 2.24) is 4.90 Å². The third-order valence-electron chi connectivity index (χ3n) is 4.36. The van der Waals surface area contributed by atoms with Gasteiger partial charge in [-0.3, -0.25) is 4.79 Å². The first-order valence-corrected chi connectivity index (χ1v) is 8.89. The predicted octanol–water partition coefficient (Wildman–Crippen LogP) is 2.07. The molecule has 1 aromatic rings. The minimum Gasteiger partial charge on any atom is -0.488 e. The number of rotatable bonds is 9. The van der Waals surface area contributed by atoms with Gasteiger partial charge in [0.05, 0.1) is 37.6 Å². The number of ether oxygens (including phenoxy) is 2. The summed E-state index contributed by atoms with van der Waals surface area (Å²) >= 11 is 0. The smallest absolute Gasteiger partial charge is 0.337 e. The van der Waals surface area contributed by atoms with Crippen LogP contribution in [0.2, 0.25) is 0 Å². The number of nitrogens with zero attached hydrogens (tertiary/aromatic N) is 1. The monoisotopic (exact) mass is 380 g/mol. The van der Waals surface area contributed by atoms with E-state index in [9.17, 15) is 14.0 Å². The van der Waals surface area contributed by atoms with E-state index in [1.165, 1.54) is 30.2 Å². The summed E-state index contributed by atoms with van der Waals surface area (Å²) in [4.78, 5) is 26.0. The molecule has 0 atom stereocenters. The highest BCUT2D eigenvalue weighted by Crippen LogP contribution is 2.31. The van der Waals surface area contributed by atoms with Gasteiger partial charge in [-0.15, -0.1) is 0 Å². The van der Waals surface area contributed by atoms with Crippen LogP contribution in [0.15, 0.2) is 29.5 Å². The Morgan fingerprint density at radius 2 is 2.07 bits per heavy atom. The summed E-state index contributed by atoms with van der Waals surface area (Å²) in [5.41, 5.74) is 0.362. The number of halogens is 1. The van der Waals surface area contributed by atoms with Gasteiger partial charge in [0.2, 0.25) is 0 Å². The summed E-state index contributed by atoms with van der Waals surface area (Å²) in [7, 11) is 1.22. The molecule has 0 fully saturated rings. The maximum atomic E-state index is 13.8. The summed E-state index contributed by atoms with van der Waals surface area (Å²) < 4.78 is 24.5. The Bertz CT molecular complexity index is 731. The third-order valence-corrected chi connectivity index (χ3v) is 4.36. The normalized spacial score (nSPS) is 14.1. The van der Waals surface area contributed by atoms with Gasteiger partial charge in [0, 0.05) is 12.6 Å². The van der Waals surface area contributed by atoms with Crippen molar-refractivity contribution in [2.45, 2.75) is 32.8 Å². The molecule has 2 N–H and O–H groups in total. The summed E-state index contributed by atoms with van der Waals surface area (Å²) in [6.07, 6.45) is 1.48. The molecular formula is C19H25FN2O5. The van der Waals surface area contributed by atoms with E-state index in [1.807, 2.05) is 13.8 Å². The fourth-order valence-corrected chi connectivity index (χ4v) is 2.82. The highest BCUT2D eigenvalue weighted by atomic mass is 19.1. The second kappa shape index (κ2) is 9.36. The number of β-amino-alcohol motifs (C(OH)–C–C–N with tert-alkyl or cyclic N) is 1. The zero-order valence-corrected chi connectivity index (χ0v) is 15.8. The van der Waals surface area contributed by atoms with Gasteiger partial charge < -0.3 is 24.8 Å². The molecule has 1 aromatic carbocycles. The van der Waals surface area contributed by atoms with E-state index in [0.29, 0.717) is 5.75 Å². The van der Waals surface area contributed by atoms with Gasteiger partial charge in [-0.2, -0.15) is 0 Å². The number of aliphatic hydroxyl groups is 1. The molecule has 0 aromatic heterocycles. The molecule has 1 aliphatic rings. The van der Waals surface area contributed by atoms with Crippen LogP contribution < -0.4 is 10.1 Å². The number of benzene rings is 1. The van der Waals surface area contributed by atoms with Crippen LogP contribution in [0, 0.1) is 5.82 Å². The third kappa shape index (κ3) is 4.77. The molecule has 8 heteroatoms. The standard InChI is InChI=1S/C19H25FN2O5/c1-4-13(5-2)27-16-7-6-12(20)10-15(16)21-17-14(19(25)26-3)11-22(8-9-23)18(17)24/h6-7,10,13,21,23H,4-5,8-9,11H2,1-3H3. The lowest BCUT2D eigenvalue weighted by Gasteiger charge is -2.20. The molecule has 148 valence electrons. The number of hydrogen-bond donors (Lipinski definition) is 2. The van der Waals surface area contributed by atoms with Crippen molar-refractivity contribution in [3.8, 4) is 5.75 Å². The van der Waals surface area contributed by atoms with Crippen molar-refractivity contribution < 1.29 is 28.6 Å². The molecular weight excluding hydrogens is 355 g/mol. The number of anilines is 1. The molecule has 0 saturated heterocycles. The van der Waals surface area contributed by atoms with Crippen molar-refractivity contribution in [1.29, 1.82) is 0 Å². The van der Waals surface area contributed by atoms with Gasteiger partial charge in [-0.25, -0.2) is 9.18 Å². The first kappa shape index (κ1) is 20.7. The van der Waals surface area contributed by atoms with Crippen LogP contribution in [0.4, 0.5) is 10.1 Å². The van der Waals surface area contributed by atoms with E-state index in [0.717, 1.165) is 12.8 Å². The molecule has 2 rings (SSSR count). The molecule has 1 aliphatic heterocycles. The van der Waals surface area contributed by atoms with Crippen LogP contribution in [0.1, 0.15) is 26.7 Å². The average molecular weight is 380 g/mol. The average Bonchev–Trinajstić information content (AvgIpc) is 2.97. The Kier molecular flexibility index (Phi) is 7.18. The molecule has 0 unspecified atom stereocenters. The van der Waals surface area contributed by atoms with Gasteiger partial charge >= 0.3 is 5.97 Å². The molecule has 1 heterocycles. The molecule has 0 radical (unpaired) electrons. The summed E-state index contributed by atoms with van der Waals surface area (Å²) in [5.74, 6) is -1.25. The first-order valence-electron chi connectivity index (χ1n) is 8.89. The van der Waals surface area contributed by atoms with E-state index < -0.39 is 17.7 Å². The maximum Gasteiger partial charge on any atom is 0.337 e. The fraction of sp³-hybridized carbons (Fsp3) is 0.474. The Balaban J connectivity index is 2.38. The van der Waals surface area contributed by atoms with Crippen molar-refractivity contribution in [3.05, 3.63) is 35.3 Å². The van der Waals surface area contributed by atoms with Crippen molar-refractivity contribution in [2.75, 3.05) is 32.1 Å². The molecule has 7 nitrogen and oxygen atoms in total. The lowest BCUT2D eigenvalue weighted by Crippen LogP contribution is -2.31. The number of aliphatic hydroxyl groups excluding tert-OH is 1. The van der Waals surface area contributed by atoms with E-state index in [4.69, 9.17) is 14.6 Å². The van der Waals surface area contributed by atoms with Crippen LogP contribution in [0.25, 0.3) is 0 Å². The highest BCUT2D eigenvalue weighted by Gasteiger charge is 2.35. The van der Waals surface area contributed by atoms with Crippen molar-refractivity contribution >= 4 is 17.6 Å². The molecule has 27 heavy (non-hydrogen) atoms. The zero-order chi connectivity index (χ0) is 20.0. The number of amides is 1. The van der Waals surface area contributed by atoms with Gasteiger partial charge in [-0.1, -0.05) is 13.8 Å². The summed E-state index contributed by atoms with van der Waals surface area (Å²) in [5, 5.41) is 12.0. The number of carbonyl (C=O) groups excluding carboxylic acids is 2. The second-order valence-corrected chi connectivity index (χ2v) is 6.12. The van der Waals surface area contributed by atoms with E-state index >= 15 is 0 Å². The highest BCUT2D eigenvalue weighted by molar-refractivity contribution is 6.08. The number of nitrogens with one attached hydrogen (secondary N) is 1. The van der Waals surface area contributed by atoms with Crippen LogP contribution in [0.3, 0.4) is 0 Å². The van der Waals surface area contributed by atoms with E-state index in [-0.39, 0.29) is 42.8 Å². The van der Waals surface area contributed by atoms with Crippen LogP contribution in [-0.4, -0.2) is 54.8 Å². The Morgan fingerprint density at radius 1 is 1.37 bits per heavy atom. The number of carbonyl (C=O) groups is 2. The molecule has 0 saturated carbocycles. The Labute approximate surface area is 157 Å². The lowest BCUT2D eigenvalue weighted by molar-refractivity contribution is -0.136. The van der Waals surface area contributed by atoms with E-state index in [1.54, 1.807) is 0 Å². The van der Waals surface area contributed by atoms with Crippen LogP contribution >= 0.6 is 0 Å². The summed E-state index contributed by atoms with van der Waals surface area (Å²) in [6.45, 7) is 3.81. The number of hydrogen-bond acceptors (Lipinski definition) is 6. The molecule has 0 aliphatic carbocycles. The predicted molar refractivity (Wildman–Crippen MR) is 97.7 cm³/mol. The second-order valence-electron chi connectivity index (χ2n) is 6.12. The van der Waals surface area contributed by atoms with Gasteiger partial charge in [0.1, 0.15) is 17.3 Å². The minimum atomic E-state index is -0.662. The SMILES string of the molecule is CCC(CC)Oc1ccc(F)cc1NC1=C(C(=O)OC)CN(CCO)C1=O. The summed E-state index contributed by atoms with van der Waals surface area (Å²) in [6, 6.07) is 3.97. The number of esters is 1. The van der Waals surface area contributed by atoms with Gasteiger partial charge in [0.25, 0.3) is 5.91 Å². The minimum absolute atomic E-state index is 0.00435. The van der Waals surface area contributed by atoms with Crippen molar-refractivity contribution in [3.63, 3.8) is 0 Å². The maximum absolute atomic E-state index is 13.8. The topological polar surface area (TPSA) is 88.1 Å². The first-order chi connectivity index (χ1) is 12.9. The Morgan fingerprint density at radius 3 is 2.67 bits per heavy atom. The lowest BCUT2D eigenvalue weighted by atomic mass is 10.2. The number of methoxy groups -OCH3 is 1. The quantitative estimate of drug-likeness (QED) is 0.638. The zero-order valence-electron chi connectivity index (χ0n) is 15.8.